The Labute approximate surface area is 166 Å². The largest absolute Gasteiger partial charge is 0.363 e. The standard InChI is InChI=1S/C18H20N4O5S/c1-2-4-14(23)5-3-10-28-15-11-16(24)22(17(15)25)27-18(26)12-6-8-13(9-7-12)20-21-19/h6-9,15H,2-5,10-11H2,1H3. The van der Waals surface area contributed by atoms with Crippen molar-refractivity contribution in [3.63, 3.8) is 0 Å². The second-order valence-corrected chi connectivity index (χ2v) is 7.41. The lowest BCUT2D eigenvalue weighted by molar-refractivity contribution is -0.172. The molecule has 1 unspecified atom stereocenters. The summed E-state index contributed by atoms with van der Waals surface area (Å²) in [6, 6.07) is 5.58. The molecule has 1 aromatic carbocycles. The Morgan fingerprint density at radius 3 is 2.64 bits per heavy atom. The van der Waals surface area contributed by atoms with E-state index >= 15 is 0 Å². The highest BCUT2D eigenvalue weighted by atomic mass is 32.2. The van der Waals surface area contributed by atoms with Crippen molar-refractivity contribution in [2.24, 2.45) is 5.11 Å². The van der Waals surface area contributed by atoms with Crippen LogP contribution in [0.5, 0.6) is 0 Å². The third-order valence-electron chi connectivity index (χ3n) is 3.95. The normalized spacial score (nSPS) is 16.0. The van der Waals surface area contributed by atoms with Gasteiger partial charge in [-0.05, 0) is 36.3 Å². The highest BCUT2D eigenvalue weighted by Gasteiger charge is 2.42. The van der Waals surface area contributed by atoms with Gasteiger partial charge in [-0.15, -0.1) is 16.8 Å². The van der Waals surface area contributed by atoms with Crippen molar-refractivity contribution in [1.82, 2.24) is 5.06 Å². The molecule has 2 amide bonds. The van der Waals surface area contributed by atoms with Crippen LogP contribution in [0.25, 0.3) is 10.4 Å². The molecule has 2 rings (SSSR count). The van der Waals surface area contributed by atoms with E-state index < -0.39 is 23.0 Å². The van der Waals surface area contributed by atoms with Gasteiger partial charge in [0.2, 0.25) is 0 Å². The van der Waals surface area contributed by atoms with Crippen LogP contribution >= 0.6 is 11.8 Å². The summed E-state index contributed by atoms with van der Waals surface area (Å²) < 4.78 is 0. The van der Waals surface area contributed by atoms with Crippen molar-refractivity contribution in [3.8, 4) is 0 Å². The van der Waals surface area contributed by atoms with E-state index in [-0.39, 0.29) is 17.8 Å². The molecule has 0 aromatic heterocycles. The van der Waals surface area contributed by atoms with Gasteiger partial charge in [-0.25, -0.2) is 4.79 Å². The average molecular weight is 404 g/mol. The van der Waals surface area contributed by atoms with Crippen molar-refractivity contribution >= 4 is 41.0 Å². The first-order valence-electron chi connectivity index (χ1n) is 8.83. The van der Waals surface area contributed by atoms with Crippen LogP contribution in [0.4, 0.5) is 5.69 Å². The Morgan fingerprint density at radius 2 is 2.00 bits per heavy atom. The molecule has 1 fully saturated rings. The zero-order valence-corrected chi connectivity index (χ0v) is 16.2. The van der Waals surface area contributed by atoms with Gasteiger partial charge in [0.1, 0.15) is 5.78 Å². The van der Waals surface area contributed by atoms with Crippen molar-refractivity contribution in [1.29, 1.82) is 0 Å². The molecule has 1 heterocycles. The minimum absolute atomic E-state index is 0.0461. The molecule has 0 saturated carbocycles. The summed E-state index contributed by atoms with van der Waals surface area (Å²) in [7, 11) is 0. The minimum atomic E-state index is -0.856. The van der Waals surface area contributed by atoms with Gasteiger partial charge in [-0.1, -0.05) is 24.2 Å². The van der Waals surface area contributed by atoms with E-state index in [4.69, 9.17) is 10.4 Å². The Balaban J connectivity index is 1.86. The molecule has 0 N–H and O–H groups in total. The summed E-state index contributed by atoms with van der Waals surface area (Å²) in [6.07, 6.45) is 2.42. The summed E-state index contributed by atoms with van der Waals surface area (Å²) in [6.45, 7) is 1.94. The van der Waals surface area contributed by atoms with E-state index in [1.54, 1.807) is 0 Å². The highest BCUT2D eigenvalue weighted by molar-refractivity contribution is 8.00. The molecule has 9 nitrogen and oxygen atoms in total. The molecular formula is C18H20N4O5S. The number of hydroxylamine groups is 2. The van der Waals surface area contributed by atoms with Crippen LogP contribution in [-0.2, 0) is 19.2 Å². The number of thioether (sulfide) groups is 1. The number of hydrogen-bond donors (Lipinski definition) is 0. The Kier molecular flexibility index (Phi) is 8.03. The lowest BCUT2D eigenvalue weighted by atomic mass is 10.1. The SMILES string of the molecule is CCCC(=O)CCCSC1CC(=O)N(OC(=O)c2ccc(N=[N+]=[N-])cc2)C1=O. The second kappa shape index (κ2) is 10.5. The number of azide groups is 1. The fourth-order valence-corrected chi connectivity index (χ4v) is 3.65. The molecule has 148 valence electrons. The molecule has 0 spiro atoms. The van der Waals surface area contributed by atoms with Gasteiger partial charge in [-0.2, -0.15) is 0 Å². The fourth-order valence-electron chi connectivity index (χ4n) is 2.56. The van der Waals surface area contributed by atoms with Crippen LogP contribution < -0.4 is 0 Å². The van der Waals surface area contributed by atoms with Crippen LogP contribution in [0, 0.1) is 0 Å². The van der Waals surface area contributed by atoms with E-state index in [1.807, 2.05) is 6.92 Å². The van der Waals surface area contributed by atoms with Gasteiger partial charge < -0.3 is 4.84 Å². The number of nitrogens with zero attached hydrogens (tertiary/aromatic N) is 4. The lowest BCUT2D eigenvalue weighted by Gasteiger charge is -2.13. The number of carbonyl (C=O) groups is 4. The topological polar surface area (TPSA) is 130 Å². The quantitative estimate of drug-likeness (QED) is 0.192. The zero-order valence-electron chi connectivity index (χ0n) is 15.4. The number of carbonyl (C=O) groups excluding carboxylic acids is 4. The molecule has 0 radical (unpaired) electrons. The summed E-state index contributed by atoms with van der Waals surface area (Å²) in [5, 5.41) is 3.27. The number of amides is 2. The van der Waals surface area contributed by atoms with Crippen LogP contribution in [0.2, 0.25) is 0 Å². The highest BCUT2D eigenvalue weighted by Crippen LogP contribution is 2.27. The first-order chi connectivity index (χ1) is 13.5. The van der Waals surface area contributed by atoms with Crippen LogP contribution in [0.1, 0.15) is 49.4 Å². The first kappa shape index (κ1) is 21.5. The van der Waals surface area contributed by atoms with Gasteiger partial charge >= 0.3 is 5.97 Å². The molecule has 1 aliphatic rings. The van der Waals surface area contributed by atoms with E-state index in [1.165, 1.54) is 36.0 Å². The summed E-state index contributed by atoms with van der Waals surface area (Å²) in [4.78, 5) is 55.6. The maximum absolute atomic E-state index is 12.3. The van der Waals surface area contributed by atoms with Crippen LogP contribution in [-0.4, -0.2) is 39.6 Å². The van der Waals surface area contributed by atoms with Gasteiger partial charge in [-0.3, -0.25) is 14.4 Å². The molecule has 1 aliphatic heterocycles. The molecule has 28 heavy (non-hydrogen) atoms. The average Bonchev–Trinajstić information content (AvgIpc) is 2.94. The Morgan fingerprint density at radius 1 is 1.29 bits per heavy atom. The van der Waals surface area contributed by atoms with Crippen molar-refractivity contribution in [2.45, 2.75) is 44.3 Å². The monoisotopic (exact) mass is 404 g/mol. The minimum Gasteiger partial charge on any atom is -0.325 e. The van der Waals surface area contributed by atoms with Crippen molar-refractivity contribution < 1.29 is 24.0 Å². The first-order valence-corrected chi connectivity index (χ1v) is 9.88. The lowest BCUT2D eigenvalue weighted by Crippen LogP contribution is -2.34. The fraction of sp³-hybridized carbons (Fsp3) is 0.444. The number of ketones is 1. The predicted molar refractivity (Wildman–Crippen MR) is 103 cm³/mol. The Hall–Kier alpha value is -2.84. The van der Waals surface area contributed by atoms with Gasteiger partial charge in [0.15, 0.2) is 0 Å². The molecule has 0 bridgehead atoms. The molecule has 1 saturated heterocycles. The second-order valence-electron chi connectivity index (χ2n) is 6.10. The van der Waals surface area contributed by atoms with E-state index in [2.05, 4.69) is 10.0 Å². The third-order valence-corrected chi connectivity index (χ3v) is 5.24. The van der Waals surface area contributed by atoms with Crippen molar-refractivity contribution in [2.75, 3.05) is 5.75 Å². The van der Waals surface area contributed by atoms with Crippen molar-refractivity contribution in [3.05, 3.63) is 40.3 Å². The number of imide groups is 1. The van der Waals surface area contributed by atoms with Gasteiger partial charge in [0.05, 0.1) is 17.2 Å². The number of benzene rings is 1. The molecular weight excluding hydrogens is 384 g/mol. The smallest absolute Gasteiger partial charge is 0.325 e. The van der Waals surface area contributed by atoms with E-state index in [0.717, 1.165) is 6.42 Å². The third kappa shape index (κ3) is 5.83. The maximum atomic E-state index is 12.3. The van der Waals surface area contributed by atoms with E-state index in [9.17, 15) is 19.2 Å². The Bertz CT molecular complexity index is 805. The molecule has 10 heteroatoms. The van der Waals surface area contributed by atoms with Gasteiger partial charge in [0.25, 0.3) is 11.8 Å². The summed E-state index contributed by atoms with van der Waals surface area (Å²) >= 11 is 1.29. The van der Waals surface area contributed by atoms with Gasteiger partial charge in [0, 0.05) is 23.4 Å². The van der Waals surface area contributed by atoms with E-state index in [0.29, 0.717) is 35.8 Å². The zero-order chi connectivity index (χ0) is 20.5. The predicted octanol–water partition coefficient (Wildman–Crippen LogP) is 3.71. The van der Waals surface area contributed by atoms with Crippen LogP contribution in [0.15, 0.2) is 29.4 Å². The summed E-state index contributed by atoms with van der Waals surface area (Å²) in [5.41, 5.74) is 8.80. The number of hydrogen-bond acceptors (Lipinski definition) is 7. The maximum Gasteiger partial charge on any atom is 0.363 e. The molecule has 0 aliphatic carbocycles. The number of rotatable bonds is 10. The molecule has 1 atom stereocenters. The molecule has 1 aromatic rings. The van der Waals surface area contributed by atoms with Crippen LogP contribution in [0.3, 0.4) is 0 Å². The number of Topliss-reactive ketones (excluding diaryl/α,β-unsaturated/α-hetero) is 1. The summed E-state index contributed by atoms with van der Waals surface area (Å²) in [5.74, 6) is -1.25.